The number of anilines is 3. The molecule has 1 aliphatic heterocycles. The summed E-state index contributed by atoms with van der Waals surface area (Å²) < 4.78 is 21.2. The second-order valence-corrected chi connectivity index (χ2v) is 9.69. The fraction of sp³-hybridized carbons (Fsp3) is 0.318. The number of piperazine rings is 1. The number of allylic oxidation sites excluding steroid dienone is 1. The molecule has 1 aromatic carbocycles. The van der Waals surface area contributed by atoms with Crippen LogP contribution in [0.15, 0.2) is 30.0 Å². The molecule has 5 rings (SSSR count). The van der Waals surface area contributed by atoms with Crippen molar-refractivity contribution in [1.29, 1.82) is 0 Å². The largest absolute Gasteiger partial charge is 0.421 e. The van der Waals surface area contributed by atoms with Gasteiger partial charge in [0.2, 0.25) is 0 Å². The highest BCUT2D eigenvalue weighted by Crippen LogP contribution is 2.34. The standard InChI is InChI=1S/C22H22ClFN6OS/c1-13-7-14-9-16(24)17(10-15(14)8-13)31-21-26-19(27-22-25-12-18(23)32-22)11-20(28-21)30-5-3-29(2)4-6-30/h8-12H,3-7H2,1-2H3,(H,25,26,27,28). The number of aromatic nitrogens is 3. The Morgan fingerprint density at radius 1 is 1.16 bits per heavy atom. The van der Waals surface area contributed by atoms with E-state index in [2.05, 4.69) is 37.1 Å². The minimum Gasteiger partial charge on any atom is -0.421 e. The van der Waals surface area contributed by atoms with Gasteiger partial charge in [0, 0.05) is 32.2 Å². The van der Waals surface area contributed by atoms with Crippen LogP contribution in [0.25, 0.3) is 6.08 Å². The second kappa shape index (κ2) is 8.65. The Bertz CT molecular complexity index is 1190. The normalized spacial score (nSPS) is 16.1. The van der Waals surface area contributed by atoms with Gasteiger partial charge >= 0.3 is 6.01 Å². The Morgan fingerprint density at radius 2 is 1.97 bits per heavy atom. The van der Waals surface area contributed by atoms with Crippen LogP contribution < -0.4 is 15.0 Å². The number of fused-ring (bicyclic) bond motifs is 1. The highest BCUT2D eigenvalue weighted by atomic mass is 35.5. The highest BCUT2D eigenvalue weighted by molar-refractivity contribution is 7.19. The second-order valence-electron chi connectivity index (χ2n) is 8.03. The maximum absolute atomic E-state index is 14.7. The molecule has 3 heterocycles. The Morgan fingerprint density at radius 3 is 2.72 bits per heavy atom. The summed E-state index contributed by atoms with van der Waals surface area (Å²) in [6.07, 6.45) is 4.37. The average molecular weight is 473 g/mol. The molecule has 2 aromatic heterocycles. The number of likely N-dealkylation sites (N-methyl/N-ethyl adjacent to an activating group) is 1. The smallest absolute Gasteiger partial charge is 0.326 e. The molecule has 0 saturated carbocycles. The van der Waals surface area contributed by atoms with Gasteiger partial charge in [-0.1, -0.05) is 34.6 Å². The summed E-state index contributed by atoms with van der Waals surface area (Å²) >= 11 is 7.31. The molecular weight excluding hydrogens is 451 g/mol. The minimum atomic E-state index is -0.429. The summed E-state index contributed by atoms with van der Waals surface area (Å²) in [4.78, 5) is 17.7. The summed E-state index contributed by atoms with van der Waals surface area (Å²) in [6, 6.07) is 5.15. The van der Waals surface area contributed by atoms with E-state index in [1.54, 1.807) is 12.3 Å². The lowest BCUT2D eigenvalue weighted by atomic mass is 10.1. The van der Waals surface area contributed by atoms with Crippen molar-refractivity contribution >= 4 is 45.8 Å². The average Bonchev–Trinajstić information content (AvgIpc) is 3.32. The van der Waals surface area contributed by atoms with Crippen LogP contribution in [0.2, 0.25) is 4.34 Å². The lowest BCUT2D eigenvalue weighted by molar-refractivity contribution is 0.311. The Labute approximate surface area is 194 Å². The zero-order valence-electron chi connectivity index (χ0n) is 17.7. The lowest BCUT2D eigenvalue weighted by Crippen LogP contribution is -2.44. The quantitative estimate of drug-likeness (QED) is 0.562. The van der Waals surface area contributed by atoms with Crippen molar-refractivity contribution in [1.82, 2.24) is 19.9 Å². The number of ether oxygens (including phenoxy) is 1. The van der Waals surface area contributed by atoms with Crippen molar-refractivity contribution in [3.05, 3.63) is 51.2 Å². The van der Waals surface area contributed by atoms with Crippen molar-refractivity contribution in [3.63, 3.8) is 0 Å². The Kier molecular flexibility index (Phi) is 5.71. The van der Waals surface area contributed by atoms with Gasteiger partial charge in [-0.2, -0.15) is 9.97 Å². The molecule has 1 saturated heterocycles. The number of nitrogens with zero attached hydrogens (tertiary/aromatic N) is 5. The lowest BCUT2D eigenvalue weighted by Gasteiger charge is -2.33. The molecule has 0 amide bonds. The summed E-state index contributed by atoms with van der Waals surface area (Å²) in [7, 11) is 2.10. The molecule has 32 heavy (non-hydrogen) atoms. The molecule has 0 unspecified atom stereocenters. The van der Waals surface area contributed by atoms with Gasteiger partial charge in [-0.3, -0.25) is 0 Å². The first kappa shape index (κ1) is 21.1. The molecule has 2 aliphatic rings. The number of rotatable bonds is 5. The van der Waals surface area contributed by atoms with Gasteiger partial charge in [-0.25, -0.2) is 9.37 Å². The van der Waals surface area contributed by atoms with Gasteiger partial charge in [0.25, 0.3) is 0 Å². The van der Waals surface area contributed by atoms with Crippen LogP contribution in [-0.4, -0.2) is 53.1 Å². The van der Waals surface area contributed by atoms with Gasteiger partial charge in [0.05, 0.1) is 6.20 Å². The van der Waals surface area contributed by atoms with E-state index in [-0.39, 0.29) is 11.8 Å². The zero-order chi connectivity index (χ0) is 22.2. The molecule has 166 valence electrons. The van der Waals surface area contributed by atoms with E-state index in [0.29, 0.717) is 21.1 Å². The zero-order valence-corrected chi connectivity index (χ0v) is 19.3. The van der Waals surface area contributed by atoms with Crippen LogP contribution in [0.5, 0.6) is 11.8 Å². The van der Waals surface area contributed by atoms with E-state index >= 15 is 0 Å². The molecule has 7 nitrogen and oxygen atoms in total. The number of nitrogens with one attached hydrogen (secondary N) is 1. The van der Waals surface area contributed by atoms with Gasteiger partial charge < -0.3 is 19.9 Å². The summed E-state index contributed by atoms with van der Waals surface area (Å²) in [5.74, 6) is 0.896. The summed E-state index contributed by atoms with van der Waals surface area (Å²) in [6.45, 7) is 5.54. The molecular formula is C22H22ClFN6OS. The van der Waals surface area contributed by atoms with Crippen LogP contribution in [0.1, 0.15) is 18.1 Å². The third kappa shape index (κ3) is 4.55. The molecule has 1 N–H and O–H groups in total. The summed E-state index contributed by atoms with van der Waals surface area (Å²) in [5, 5.41) is 3.76. The van der Waals surface area contributed by atoms with E-state index in [9.17, 15) is 4.39 Å². The van der Waals surface area contributed by atoms with Gasteiger partial charge in [-0.15, -0.1) is 0 Å². The predicted octanol–water partition coefficient (Wildman–Crippen LogP) is 4.97. The fourth-order valence-corrected chi connectivity index (χ4v) is 4.65. The first-order valence-corrected chi connectivity index (χ1v) is 11.5. The highest BCUT2D eigenvalue weighted by Gasteiger charge is 2.20. The summed E-state index contributed by atoms with van der Waals surface area (Å²) in [5.41, 5.74) is 3.12. The van der Waals surface area contributed by atoms with Gasteiger partial charge in [-0.05, 0) is 43.7 Å². The number of hydrogen-bond acceptors (Lipinski definition) is 8. The number of thiazole rings is 1. The van der Waals surface area contributed by atoms with Crippen molar-refractivity contribution in [2.75, 3.05) is 43.4 Å². The first-order chi connectivity index (χ1) is 15.4. The number of benzene rings is 1. The first-order valence-electron chi connectivity index (χ1n) is 10.3. The molecule has 1 fully saturated rings. The predicted molar refractivity (Wildman–Crippen MR) is 126 cm³/mol. The number of halogens is 2. The van der Waals surface area contributed by atoms with Crippen molar-refractivity contribution in [3.8, 4) is 11.8 Å². The van der Waals surface area contributed by atoms with Crippen molar-refractivity contribution < 1.29 is 9.13 Å². The fourth-order valence-electron chi connectivity index (χ4n) is 3.83. The Balaban J connectivity index is 1.47. The van der Waals surface area contributed by atoms with Crippen molar-refractivity contribution in [2.45, 2.75) is 13.3 Å². The van der Waals surface area contributed by atoms with Crippen LogP contribution in [-0.2, 0) is 6.42 Å². The van der Waals surface area contributed by atoms with E-state index in [1.165, 1.54) is 23.0 Å². The molecule has 0 spiro atoms. The van der Waals surface area contributed by atoms with E-state index < -0.39 is 5.82 Å². The Hall–Kier alpha value is -2.75. The van der Waals surface area contributed by atoms with Crippen LogP contribution in [0, 0.1) is 5.82 Å². The molecule has 10 heteroatoms. The third-order valence-corrected chi connectivity index (χ3v) is 6.53. The monoisotopic (exact) mass is 472 g/mol. The van der Waals surface area contributed by atoms with Gasteiger partial charge in [0.1, 0.15) is 16.0 Å². The topological polar surface area (TPSA) is 66.4 Å². The van der Waals surface area contributed by atoms with Crippen LogP contribution >= 0.6 is 22.9 Å². The molecule has 0 radical (unpaired) electrons. The van der Waals surface area contributed by atoms with Gasteiger partial charge in [0.15, 0.2) is 16.7 Å². The van der Waals surface area contributed by atoms with E-state index in [4.69, 9.17) is 16.3 Å². The maximum atomic E-state index is 14.7. The molecule has 0 atom stereocenters. The SMILES string of the molecule is CC1=Cc2cc(Oc3nc(Nc4ncc(Cl)s4)cc(N4CCN(C)CC4)n3)c(F)cc2C1. The van der Waals surface area contributed by atoms with Crippen molar-refractivity contribution in [2.24, 2.45) is 0 Å². The molecule has 1 aliphatic carbocycles. The maximum Gasteiger partial charge on any atom is 0.326 e. The van der Waals surface area contributed by atoms with Crippen LogP contribution in [0.4, 0.5) is 21.2 Å². The molecule has 0 bridgehead atoms. The molecule has 3 aromatic rings. The van der Waals surface area contributed by atoms with E-state index in [1.807, 2.05) is 19.1 Å². The third-order valence-electron chi connectivity index (χ3n) is 5.50. The number of hydrogen-bond donors (Lipinski definition) is 1. The minimum absolute atomic E-state index is 0.0733. The van der Waals surface area contributed by atoms with Crippen LogP contribution in [0.3, 0.4) is 0 Å². The van der Waals surface area contributed by atoms with E-state index in [0.717, 1.165) is 43.7 Å².